The van der Waals surface area contributed by atoms with Crippen molar-refractivity contribution in [3.63, 3.8) is 0 Å². The third-order valence-electron chi connectivity index (χ3n) is 1.26. The van der Waals surface area contributed by atoms with E-state index in [4.69, 9.17) is 0 Å². The van der Waals surface area contributed by atoms with Crippen molar-refractivity contribution in [1.29, 1.82) is 0 Å². The van der Waals surface area contributed by atoms with Gasteiger partial charge in [-0.3, -0.25) is 4.98 Å². The molecule has 0 aliphatic rings. The summed E-state index contributed by atoms with van der Waals surface area (Å²) in [6.45, 7) is 7.46. The third-order valence-corrected chi connectivity index (χ3v) is 1.26. The molecule has 0 aliphatic carbocycles. The molecule has 1 aromatic heterocycles. The highest BCUT2D eigenvalue weighted by molar-refractivity contribution is 5.79. The molecule has 1 rings (SSSR count). The number of aliphatic imine (C=N–C) groups is 1. The van der Waals surface area contributed by atoms with Crippen LogP contribution in [0.25, 0.3) is 0 Å². The van der Waals surface area contributed by atoms with Gasteiger partial charge >= 0.3 is 0 Å². The molecule has 12 heavy (non-hydrogen) atoms. The van der Waals surface area contributed by atoms with Crippen LogP contribution in [0.15, 0.2) is 29.5 Å². The Hall–Kier alpha value is -1.51. The first-order valence-corrected chi connectivity index (χ1v) is 3.67. The monoisotopic (exact) mass is 161 g/mol. The molecule has 0 fully saturated rings. The molecule has 0 atom stereocenters. The maximum absolute atomic E-state index is 4.11. The highest BCUT2D eigenvalue weighted by Crippen LogP contribution is 2.09. The molecule has 3 heteroatoms. The zero-order valence-electron chi connectivity index (χ0n) is 7.28. The third kappa shape index (κ3) is 2.27. The van der Waals surface area contributed by atoms with Gasteiger partial charge < -0.3 is 0 Å². The van der Waals surface area contributed by atoms with E-state index in [0.29, 0.717) is 5.82 Å². The summed E-state index contributed by atoms with van der Waals surface area (Å²) < 4.78 is 0. The summed E-state index contributed by atoms with van der Waals surface area (Å²) in [5.41, 5.74) is 1.73. The van der Waals surface area contributed by atoms with Crippen LogP contribution in [0.2, 0.25) is 0 Å². The molecule has 3 nitrogen and oxygen atoms in total. The van der Waals surface area contributed by atoms with Crippen LogP contribution in [0, 0.1) is 6.92 Å². The van der Waals surface area contributed by atoms with Crippen LogP contribution in [0.5, 0.6) is 0 Å². The molecule has 62 valence electrons. The number of hydrogen-bond donors (Lipinski definition) is 0. The number of nitrogens with zero attached hydrogens (tertiary/aromatic N) is 3. The van der Waals surface area contributed by atoms with E-state index in [-0.39, 0.29) is 0 Å². The smallest absolute Gasteiger partial charge is 0.173 e. The van der Waals surface area contributed by atoms with E-state index in [1.807, 2.05) is 13.8 Å². The summed E-state index contributed by atoms with van der Waals surface area (Å²) in [7, 11) is 0. The zero-order valence-corrected chi connectivity index (χ0v) is 7.28. The molecule has 0 N–H and O–H groups in total. The van der Waals surface area contributed by atoms with E-state index < -0.39 is 0 Å². The predicted molar refractivity (Wildman–Crippen MR) is 49.7 cm³/mol. The van der Waals surface area contributed by atoms with Crippen molar-refractivity contribution in [2.24, 2.45) is 4.99 Å². The van der Waals surface area contributed by atoms with E-state index >= 15 is 0 Å². The Morgan fingerprint density at radius 2 is 2.17 bits per heavy atom. The lowest BCUT2D eigenvalue weighted by molar-refractivity contribution is 1.10. The predicted octanol–water partition coefficient (Wildman–Crippen LogP) is 2.06. The maximum Gasteiger partial charge on any atom is 0.173 e. The molecule has 0 saturated carbocycles. The lowest BCUT2D eigenvalue weighted by Gasteiger charge is -1.94. The second-order valence-corrected chi connectivity index (χ2v) is 2.57. The quantitative estimate of drug-likeness (QED) is 0.623. The number of hydrogen-bond acceptors (Lipinski definition) is 3. The Kier molecular flexibility index (Phi) is 2.69. The largest absolute Gasteiger partial charge is 0.256 e. The zero-order chi connectivity index (χ0) is 8.97. The highest BCUT2D eigenvalue weighted by Gasteiger charge is 1.94. The standard InChI is InChI=1S/C9H11N3/c1-7(2)6-12-9-8(3)10-4-5-11-9/h4-6H,1H2,2-3H3/b12-6-. The van der Waals surface area contributed by atoms with E-state index in [9.17, 15) is 0 Å². The maximum atomic E-state index is 4.11. The summed E-state index contributed by atoms with van der Waals surface area (Å²) in [6.07, 6.45) is 4.95. The fourth-order valence-corrected chi connectivity index (χ4v) is 0.698. The van der Waals surface area contributed by atoms with Crippen molar-refractivity contribution in [2.45, 2.75) is 13.8 Å². The van der Waals surface area contributed by atoms with Gasteiger partial charge in [0.25, 0.3) is 0 Å². The van der Waals surface area contributed by atoms with E-state index in [1.54, 1.807) is 18.6 Å². The Labute approximate surface area is 71.9 Å². The molecule has 0 amide bonds. The van der Waals surface area contributed by atoms with Crippen molar-refractivity contribution in [2.75, 3.05) is 0 Å². The fraction of sp³-hybridized carbons (Fsp3) is 0.222. The van der Waals surface area contributed by atoms with Crippen molar-refractivity contribution >= 4 is 12.0 Å². The molecule has 0 unspecified atom stereocenters. The lowest BCUT2D eigenvalue weighted by Crippen LogP contribution is -1.84. The van der Waals surface area contributed by atoms with Gasteiger partial charge in [-0.15, -0.1) is 0 Å². The van der Waals surface area contributed by atoms with E-state index in [1.165, 1.54) is 0 Å². The fourth-order valence-electron chi connectivity index (χ4n) is 0.698. The van der Waals surface area contributed by atoms with Crippen molar-refractivity contribution in [3.8, 4) is 0 Å². The van der Waals surface area contributed by atoms with Gasteiger partial charge in [0.05, 0.1) is 5.69 Å². The Morgan fingerprint density at radius 3 is 2.75 bits per heavy atom. The minimum absolute atomic E-state index is 0.653. The average molecular weight is 161 g/mol. The minimum atomic E-state index is 0.653. The molecule has 1 aromatic rings. The van der Waals surface area contributed by atoms with Crippen LogP contribution in [0.1, 0.15) is 12.6 Å². The first-order valence-electron chi connectivity index (χ1n) is 3.67. The van der Waals surface area contributed by atoms with Gasteiger partial charge in [-0.2, -0.15) is 0 Å². The molecular weight excluding hydrogens is 150 g/mol. The number of rotatable bonds is 2. The molecule has 0 radical (unpaired) electrons. The van der Waals surface area contributed by atoms with Gasteiger partial charge in [0.1, 0.15) is 0 Å². The van der Waals surface area contributed by atoms with Crippen molar-refractivity contribution in [3.05, 3.63) is 30.2 Å². The van der Waals surface area contributed by atoms with Crippen molar-refractivity contribution in [1.82, 2.24) is 9.97 Å². The van der Waals surface area contributed by atoms with Gasteiger partial charge in [-0.1, -0.05) is 6.58 Å². The molecule has 0 spiro atoms. The van der Waals surface area contributed by atoms with Gasteiger partial charge in [0.15, 0.2) is 5.82 Å². The van der Waals surface area contributed by atoms with Gasteiger partial charge in [-0.05, 0) is 19.4 Å². The molecule has 0 saturated heterocycles. The SMILES string of the molecule is C=C(C)/C=N\c1nccnc1C. The summed E-state index contributed by atoms with van der Waals surface area (Å²) in [6, 6.07) is 0. The highest BCUT2D eigenvalue weighted by atomic mass is 14.9. The molecule has 0 bridgehead atoms. The topological polar surface area (TPSA) is 38.1 Å². The molecular formula is C9H11N3. The van der Waals surface area contributed by atoms with Gasteiger partial charge in [0, 0.05) is 18.6 Å². The normalized spacial score (nSPS) is 10.5. The average Bonchev–Trinajstić information content (AvgIpc) is 2.03. The molecule has 0 aromatic carbocycles. The van der Waals surface area contributed by atoms with Crippen LogP contribution in [0.4, 0.5) is 5.82 Å². The van der Waals surface area contributed by atoms with Crippen LogP contribution >= 0.6 is 0 Å². The van der Waals surface area contributed by atoms with E-state index in [2.05, 4.69) is 21.5 Å². The van der Waals surface area contributed by atoms with Crippen LogP contribution < -0.4 is 0 Å². The Morgan fingerprint density at radius 1 is 1.50 bits per heavy atom. The van der Waals surface area contributed by atoms with Crippen LogP contribution in [0.3, 0.4) is 0 Å². The van der Waals surface area contributed by atoms with Gasteiger partial charge in [0.2, 0.25) is 0 Å². The van der Waals surface area contributed by atoms with E-state index in [0.717, 1.165) is 11.3 Å². The number of allylic oxidation sites excluding steroid dienone is 1. The van der Waals surface area contributed by atoms with Crippen LogP contribution in [-0.2, 0) is 0 Å². The second-order valence-electron chi connectivity index (χ2n) is 2.57. The Bertz CT molecular complexity index is 315. The van der Waals surface area contributed by atoms with Crippen LogP contribution in [-0.4, -0.2) is 16.2 Å². The molecule has 0 aliphatic heterocycles. The second kappa shape index (κ2) is 3.76. The minimum Gasteiger partial charge on any atom is -0.256 e. The number of aromatic nitrogens is 2. The summed E-state index contributed by atoms with van der Waals surface area (Å²) in [4.78, 5) is 12.2. The van der Waals surface area contributed by atoms with Gasteiger partial charge in [-0.25, -0.2) is 9.98 Å². The molecule has 1 heterocycles. The first kappa shape index (κ1) is 8.59. The van der Waals surface area contributed by atoms with Crippen molar-refractivity contribution < 1.29 is 0 Å². The summed E-state index contributed by atoms with van der Waals surface area (Å²) in [5, 5.41) is 0. The number of aryl methyl sites for hydroxylation is 1. The first-order chi connectivity index (χ1) is 5.70. The lowest BCUT2D eigenvalue weighted by atomic mass is 10.4. The summed E-state index contributed by atoms with van der Waals surface area (Å²) >= 11 is 0. The summed E-state index contributed by atoms with van der Waals surface area (Å²) in [5.74, 6) is 0.653. The Balaban J connectivity index is 2.89.